The zero-order valence-corrected chi connectivity index (χ0v) is 12.6. The molecule has 1 aromatic rings. The molecule has 0 aliphatic carbocycles. The maximum absolute atomic E-state index is 12.7. The molecule has 1 unspecified atom stereocenters. The smallest absolute Gasteiger partial charge is 0.257 e. The largest absolute Gasteiger partial charge is 0.496 e. The molecule has 1 aromatic carbocycles. The van der Waals surface area contributed by atoms with Crippen LogP contribution in [0.4, 0.5) is 5.69 Å². The molecule has 116 valence electrons. The predicted molar refractivity (Wildman–Crippen MR) is 79.3 cm³/mol. The lowest BCUT2D eigenvalue weighted by Gasteiger charge is -2.42. The van der Waals surface area contributed by atoms with Crippen LogP contribution in [0.15, 0.2) is 18.2 Å². The first-order chi connectivity index (χ1) is 9.86. The molecule has 1 aliphatic rings. The first-order valence-corrected chi connectivity index (χ1v) is 6.88. The van der Waals surface area contributed by atoms with Crippen molar-refractivity contribution in [3.63, 3.8) is 0 Å². The van der Waals surface area contributed by atoms with Gasteiger partial charge in [-0.1, -0.05) is 0 Å². The monoisotopic (exact) mass is 294 g/mol. The number of aliphatic hydroxyl groups excluding tert-OH is 1. The lowest BCUT2D eigenvalue weighted by atomic mass is 10.0. The van der Waals surface area contributed by atoms with Gasteiger partial charge in [-0.05, 0) is 26.0 Å². The van der Waals surface area contributed by atoms with Gasteiger partial charge in [0.25, 0.3) is 5.91 Å². The second kappa shape index (κ2) is 5.91. The first kappa shape index (κ1) is 15.6. The number of amides is 1. The third-order valence-corrected chi connectivity index (χ3v) is 3.43. The summed E-state index contributed by atoms with van der Waals surface area (Å²) in [7, 11) is 1.51. The summed E-state index contributed by atoms with van der Waals surface area (Å²) >= 11 is 0. The normalized spacial score (nSPS) is 21.1. The van der Waals surface area contributed by atoms with Crippen molar-refractivity contribution in [3.05, 3.63) is 23.8 Å². The van der Waals surface area contributed by atoms with E-state index in [1.807, 2.05) is 13.8 Å². The van der Waals surface area contributed by atoms with Crippen LogP contribution in [0.2, 0.25) is 0 Å². The summed E-state index contributed by atoms with van der Waals surface area (Å²) in [4.78, 5) is 14.4. The van der Waals surface area contributed by atoms with Crippen molar-refractivity contribution in [1.82, 2.24) is 4.90 Å². The van der Waals surface area contributed by atoms with E-state index in [2.05, 4.69) is 0 Å². The number of anilines is 1. The number of hydrogen-bond donors (Lipinski definition) is 2. The van der Waals surface area contributed by atoms with Gasteiger partial charge < -0.3 is 25.2 Å². The Morgan fingerprint density at radius 2 is 2.29 bits per heavy atom. The van der Waals surface area contributed by atoms with E-state index in [1.54, 1.807) is 23.1 Å². The highest BCUT2D eigenvalue weighted by Gasteiger charge is 2.36. The number of nitrogen functional groups attached to an aromatic ring is 1. The van der Waals surface area contributed by atoms with Crippen LogP contribution in [-0.2, 0) is 4.74 Å². The van der Waals surface area contributed by atoms with Crippen molar-refractivity contribution in [2.45, 2.75) is 25.6 Å². The van der Waals surface area contributed by atoms with Crippen LogP contribution in [0.5, 0.6) is 5.75 Å². The molecule has 0 saturated carbocycles. The molecule has 0 aromatic heterocycles. The summed E-state index contributed by atoms with van der Waals surface area (Å²) in [6.07, 6.45) is -0.377. The Balaban J connectivity index is 2.27. The molecule has 1 aliphatic heterocycles. The second-order valence-electron chi connectivity index (χ2n) is 5.83. The average Bonchev–Trinajstić information content (AvgIpc) is 2.44. The molecule has 1 saturated heterocycles. The summed E-state index contributed by atoms with van der Waals surface area (Å²) in [6, 6.07) is 4.96. The summed E-state index contributed by atoms with van der Waals surface area (Å²) in [5, 5.41) is 9.33. The fourth-order valence-electron chi connectivity index (χ4n) is 2.60. The molecule has 0 radical (unpaired) electrons. The quantitative estimate of drug-likeness (QED) is 0.809. The van der Waals surface area contributed by atoms with Crippen LogP contribution >= 0.6 is 0 Å². The molecule has 6 heteroatoms. The summed E-state index contributed by atoms with van der Waals surface area (Å²) in [5.41, 5.74) is 6.21. The topological polar surface area (TPSA) is 85.0 Å². The van der Waals surface area contributed by atoms with Gasteiger partial charge >= 0.3 is 0 Å². The Labute approximate surface area is 124 Å². The number of ether oxygens (including phenoxy) is 2. The van der Waals surface area contributed by atoms with E-state index in [1.165, 1.54) is 7.11 Å². The van der Waals surface area contributed by atoms with E-state index in [9.17, 15) is 9.90 Å². The summed E-state index contributed by atoms with van der Waals surface area (Å²) in [5.74, 6) is 0.298. The van der Waals surface area contributed by atoms with Crippen LogP contribution < -0.4 is 10.5 Å². The van der Waals surface area contributed by atoms with E-state index in [4.69, 9.17) is 15.2 Å². The van der Waals surface area contributed by atoms with Crippen LogP contribution in [0.3, 0.4) is 0 Å². The molecule has 1 atom stereocenters. The van der Waals surface area contributed by atoms with Gasteiger partial charge in [-0.2, -0.15) is 0 Å². The van der Waals surface area contributed by atoms with Crippen molar-refractivity contribution in [1.29, 1.82) is 0 Å². The van der Waals surface area contributed by atoms with Gasteiger partial charge in [0.15, 0.2) is 0 Å². The molecule has 1 heterocycles. The van der Waals surface area contributed by atoms with E-state index >= 15 is 0 Å². The van der Waals surface area contributed by atoms with Crippen LogP contribution in [0.1, 0.15) is 24.2 Å². The van der Waals surface area contributed by atoms with Crippen LogP contribution in [0, 0.1) is 0 Å². The van der Waals surface area contributed by atoms with Crippen molar-refractivity contribution in [2.75, 3.05) is 32.5 Å². The molecule has 21 heavy (non-hydrogen) atoms. The highest BCUT2D eigenvalue weighted by atomic mass is 16.5. The molecular weight excluding hydrogens is 272 g/mol. The standard InChI is InChI=1S/C15H22N2O4/c1-15(2)9-17(7-11(8-18)21-15)14(19)12-5-4-10(16)6-13(12)20-3/h4-6,11,18H,7-9,16H2,1-3H3. The van der Waals surface area contributed by atoms with Gasteiger partial charge in [-0.25, -0.2) is 0 Å². The minimum atomic E-state index is -0.498. The van der Waals surface area contributed by atoms with E-state index in [-0.39, 0.29) is 18.6 Å². The Kier molecular flexibility index (Phi) is 4.39. The van der Waals surface area contributed by atoms with Crippen molar-refractivity contribution < 1.29 is 19.4 Å². The number of nitrogens with two attached hydrogens (primary N) is 1. The number of hydrogen-bond acceptors (Lipinski definition) is 5. The van der Waals surface area contributed by atoms with Crippen molar-refractivity contribution in [3.8, 4) is 5.75 Å². The maximum atomic E-state index is 12.7. The Bertz CT molecular complexity index is 530. The highest BCUT2D eigenvalue weighted by molar-refractivity contribution is 5.97. The fourth-order valence-corrected chi connectivity index (χ4v) is 2.60. The van der Waals surface area contributed by atoms with E-state index in [0.29, 0.717) is 30.1 Å². The Hall–Kier alpha value is -1.79. The molecule has 0 spiro atoms. The molecule has 2 rings (SSSR count). The average molecular weight is 294 g/mol. The van der Waals surface area contributed by atoms with Gasteiger partial charge in [0, 0.05) is 24.8 Å². The second-order valence-corrected chi connectivity index (χ2v) is 5.83. The number of methoxy groups -OCH3 is 1. The number of benzene rings is 1. The minimum Gasteiger partial charge on any atom is -0.496 e. The van der Waals surface area contributed by atoms with Gasteiger partial charge in [-0.3, -0.25) is 4.79 Å². The van der Waals surface area contributed by atoms with Gasteiger partial charge in [-0.15, -0.1) is 0 Å². The third kappa shape index (κ3) is 3.46. The third-order valence-electron chi connectivity index (χ3n) is 3.43. The van der Waals surface area contributed by atoms with Gasteiger partial charge in [0.1, 0.15) is 5.75 Å². The number of rotatable bonds is 3. The SMILES string of the molecule is COc1cc(N)ccc1C(=O)N1CC(CO)OC(C)(C)C1. The van der Waals surface area contributed by atoms with E-state index < -0.39 is 5.60 Å². The number of carbonyl (C=O) groups is 1. The van der Waals surface area contributed by atoms with Gasteiger partial charge in [0.2, 0.25) is 0 Å². The van der Waals surface area contributed by atoms with Crippen LogP contribution in [0.25, 0.3) is 0 Å². The van der Waals surface area contributed by atoms with Crippen molar-refractivity contribution in [2.24, 2.45) is 0 Å². The number of carbonyl (C=O) groups excluding carboxylic acids is 1. The van der Waals surface area contributed by atoms with Crippen LogP contribution in [-0.4, -0.2) is 54.4 Å². The number of morpholine rings is 1. The molecule has 6 nitrogen and oxygen atoms in total. The fraction of sp³-hybridized carbons (Fsp3) is 0.533. The zero-order valence-electron chi connectivity index (χ0n) is 12.6. The lowest BCUT2D eigenvalue weighted by molar-refractivity contribution is -0.139. The number of aliphatic hydroxyl groups is 1. The zero-order chi connectivity index (χ0) is 15.6. The first-order valence-electron chi connectivity index (χ1n) is 6.88. The summed E-state index contributed by atoms with van der Waals surface area (Å²) < 4.78 is 11.0. The minimum absolute atomic E-state index is 0.119. The Morgan fingerprint density at radius 3 is 2.90 bits per heavy atom. The molecule has 1 amide bonds. The maximum Gasteiger partial charge on any atom is 0.257 e. The molecule has 1 fully saturated rings. The lowest BCUT2D eigenvalue weighted by Crippen LogP contribution is -2.55. The highest BCUT2D eigenvalue weighted by Crippen LogP contribution is 2.27. The molecule has 3 N–H and O–H groups in total. The molecular formula is C15H22N2O4. The summed E-state index contributed by atoms with van der Waals surface area (Å²) in [6.45, 7) is 4.48. The number of nitrogens with zero attached hydrogens (tertiary/aromatic N) is 1. The Morgan fingerprint density at radius 1 is 1.57 bits per heavy atom. The van der Waals surface area contributed by atoms with Gasteiger partial charge in [0.05, 0.1) is 31.0 Å². The van der Waals surface area contributed by atoms with E-state index in [0.717, 1.165) is 0 Å². The predicted octanol–water partition coefficient (Wildman–Crippen LogP) is 0.889. The molecule has 0 bridgehead atoms. The van der Waals surface area contributed by atoms with Crippen molar-refractivity contribution >= 4 is 11.6 Å².